The second kappa shape index (κ2) is 6.36. The Bertz CT molecular complexity index is 315. The summed E-state index contributed by atoms with van der Waals surface area (Å²) in [5, 5.41) is 3.48. The average molecular weight is 281 g/mol. The number of rotatable bonds is 8. The third-order valence-corrected chi connectivity index (χ3v) is 6.50. The minimum absolute atomic E-state index is 0.409. The zero-order chi connectivity index (χ0) is 14.8. The first-order valence-electron chi connectivity index (χ1n) is 8.78. The van der Waals surface area contributed by atoms with E-state index < -0.39 is 0 Å². The summed E-state index contributed by atoms with van der Waals surface area (Å²) >= 11 is 0. The van der Waals surface area contributed by atoms with E-state index in [1.807, 2.05) is 0 Å². The molecule has 0 heterocycles. The van der Waals surface area contributed by atoms with Crippen LogP contribution in [0.5, 0.6) is 0 Å². The van der Waals surface area contributed by atoms with E-state index in [9.17, 15) is 0 Å². The molecule has 0 aromatic heterocycles. The van der Waals surface area contributed by atoms with Gasteiger partial charge in [0.15, 0.2) is 0 Å². The van der Waals surface area contributed by atoms with E-state index in [1.165, 1.54) is 38.5 Å². The van der Waals surface area contributed by atoms with Gasteiger partial charge in [0, 0.05) is 0 Å². The molecule has 4 unspecified atom stereocenters. The Morgan fingerprint density at radius 2 is 2.00 bits per heavy atom. The molecular weight excluding hydrogens is 246 g/mol. The predicted molar refractivity (Wildman–Crippen MR) is 86.0 cm³/mol. The maximum absolute atomic E-state index is 6.46. The minimum atomic E-state index is 0.409. The van der Waals surface area contributed by atoms with Crippen molar-refractivity contribution in [3.63, 3.8) is 0 Å². The molecule has 2 fully saturated rings. The molecule has 0 spiro atoms. The maximum atomic E-state index is 6.46. The molecule has 0 radical (unpaired) electrons. The van der Waals surface area contributed by atoms with E-state index >= 15 is 0 Å². The summed E-state index contributed by atoms with van der Waals surface area (Å²) in [4.78, 5) is 0. The fourth-order valence-electron chi connectivity index (χ4n) is 4.50. The van der Waals surface area contributed by atoms with Crippen LogP contribution in [0.15, 0.2) is 0 Å². The van der Waals surface area contributed by atoms with Crippen LogP contribution in [0.4, 0.5) is 0 Å². The molecule has 0 aliphatic heterocycles. The van der Waals surface area contributed by atoms with Gasteiger partial charge < -0.3 is 10.1 Å². The molecule has 2 bridgehead atoms. The molecule has 4 atom stereocenters. The molecule has 2 heteroatoms. The highest BCUT2D eigenvalue weighted by Crippen LogP contribution is 2.66. The molecule has 20 heavy (non-hydrogen) atoms. The number of fused-ring (bicyclic) bond motifs is 2. The molecule has 0 amide bonds. The SMILES string of the molecule is CCCNCCCC(C)OC1CC2CCC1(C)C2(C)C. The maximum Gasteiger partial charge on any atom is 0.0640 e. The van der Waals surface area contributed by atoms with Gasteiger partial charge in [-0.2, -0.15) is 0 Å². The Morgan fingerprint density at radius 1 is 1.25 bits per heavy atom. The van der Waals surface area contributed by atoms with Crippen LogP contribution in [-0.2, 0) is 4.74 Å². The molecule has 2 nitrogen and oxygen atoms in total. The van der Waals surface area contributed by atoms with Crippen LogP contribution in [0.2, 0.25) is 0 Å². The first-order chi connectivity index (χ1) is 9.41. The van der Waals surface area contributed by atoms with Gasteiger partial charge in [-0.25, -0.2) is 0 Å². The topological polar surface area (TPSA) is 21.3 Å². The summed E-state index contributed by atoms with van der Waals surface area (Å²) in [6.07, 6.45) is 8.63. The second-order valence-corrected chi connectivity index (χ2v) is 7.94. The molecule has 0 saturated heterocycles. The smallest absolute Gasteiger partial charge is 0.0640 e. The summed E-state index contributed by atoms with van der Waals surface area (Å²) in [6, 6.07) is 0. The monoisotopic (exact) mass is 281 g/mol. The van der Waals surface area contributed by atoms with E-state index in [4.69, 9.17) is 4.74 Å². The van der Waals surface area contributed by atoms with Crippen molar-refractivity contribution in [3.8, 4) is 0 Å². The molecule has 2 aliphatic rings. The average Bonchev–Trinajstić information content (AvgIpc) is 2.71. The van der Waals surface area contributed by atoms with Crippen LogP contribution < -0.4 is 5.32 Å². The van der Waals surface area contributed by atoms with E-state index in [2.05, 4.69) is 39.9 Å². The molecular formula is C18H35NO. The number of ether oxygens (including phenoxy) is 1. The van der Waals surface area contributed by atoms with Crippen molar-refractivity contribution in [1.82, 2.24) is 5.32 Å². The van der Waals surface area contributed by atoms with Crippen LogP contribution in [0.1, 0.15) is 73.1 Å². The van der Waals surface area contributed by atoms with Crippen LogP contribution in [0, 0.1) is 16.7 Å². The van der Waals surface area contributed by atoms with Crippen LogP contribution in [0.3, 0.4) is 0 Å². The van der Waals surface area contributed by atoms with Gasteiger partial charge >= 0.3 is 0 Å². The largest absolute Gasteiger partial charge is 0.375 e. The highest BCUT2D eigenvalue weighted by Gasteiger charge is 2.62. The summed E-state index contributed by atoms with van der Waals surface area (Å²) in [5.41, 5.74) is 0.881. The van der Waals surface area contributed by atoms with Crippen LogP contribution >= 0.6 is 0 Å². The first-order valence-corrected chi connectivity index (χ1v) is 8.78. The van der Waals surface area contributed by atoms with Crippen LogP contribution in [-0.4, -0.2) is 25.3 Å². The normalized spacial score (nSPS) is 36.5. The van der Waals surface area contributed by atoms with Gasteiger partial charge in [-0.15, -0.1) is 0 Å². The third kappa shape index (κ3) is 2.92. The lowest BCUT2D eigenvalue weighted by molar-refractivity contribution is -0.0826. The predicted octanol–water partition coefficient (Wildman–Crippen LogP) is 4.39. The van der Waals surface area contributed by atoms with Crippen molar-refractivity contribution in [2.75, 3.05) is 13.1 Å². The zero-order valence-electron chi connectivity index (χ0n) is 14.3. The first kappa shape index (κ1) is 16.3. The number of hydrogen-bond donors (Lipinski definition) is 1. The van der Waals surface area contributed by atoms with Gasteiger partial charge in [0.25, 0.3) is 0 Å². The fraction of sp³-hybridized carbons (Fsp3) is 1.00. The van der Waals surface area contributed by atoms with Crippen LogP contribution in [0.25, 0.3) is 0 Å². The number of hydrogen-bond acceptors (Lipinski definition) is 2. The van der Waals surface area contributed by atoms with Crippen molar-refractivity contribution in [1.29, 1.82) is 0 Å². The lowest BCUT2D eigenvalue weighted by atomic mass is 9.70. The van der Waals surface area contributed by atoms with Gasteiger partial charge in [-0.1, -0.05) is 27.7 Å². The summed E-state index contributed by atoms with van der Waals surface area (Å²) < 4.78 is 6.46. The Hall–Kier alpha value is -0.0800. The van der Waals surface area contributed by atoms with Crippen molar-refractivity contribution < 1.29 is 4.74 Å². The van der Waals surface area contributed by atoms with Crippen molar-refractivity contribution in [2.24, 2.45) is 16.7 Å². The van der Waals surface area contributed by atoms with Gasteiger partial charge in [0.05, 0.1) is 12.2 Å². The Balaban J connectivity index is 1.74. The van der Waals surface area contributed by atoms with Gasteiger partial charge in [0.1, 0.15) is 0 Å². The van der Waals surface area contributed by atoms with Crippen molar-refractivity contribution in [3.05, 3.63) is 0 Å². The van der Waals surface area contributed by atoms with Gasteiger partial charge in [-0.05, 0) is 75.3 Å². The molecule has 1 N–H and O–H groups in total. The van der Waals surface area contributed by atoms with Gasteiger partial charge in [0.2, 0.25) is 0 Å². The highest BCUT2D eigenvalue weighted by atomic mass is 16.5. The molecule has 0 aromatic rings. The van der Waals surface area contributed by atoms with Crippen molar-refractivity contribution in [2.45, 2.75) is 85.4 Å². The molecule has 0 aromatic carbocycles. The van der Waals surface area contributed by atoms with E-state index in [-0.39, 0.29) is 0 Å². The number of nitrogens with one attached hydrogen (secondary N) is 1. The Kier molecular flexibility index (Phi) is 5.18. The van der Waals surface area contributed by atoms with Crippen molar-refractivity contribution >= 4 is 0 Å². The standard InChI is InChI=1S/C18H35NO/c1-6-11-19-12-7-8-14(2)20-16-13-15-9-10-18(16,5)17(15,3)4/h14-16,19H,6-13H2,1-5H3. The lowest BCUT2D eigenvalue weighted by Crippen LogP contribution is -2.38. The summed E-state index contributed by atoms with van der Waals surface area (Å²) in [5.74, 6) is 0.885. The van der Waals surface area contributed by atoms with E-state index in [0.717, 1.165) is 19.0 Å². The quantitative estimate of drug-likeness (QED) is 0.666. The Morgan fingerprint density at radius 3 is 2.55 bits per heavy atom. The lowest BCUT2D eigenvalue weighted by Gasteiger charge is -2.40. The van der Waals surface area contributed by atoms with E-state index in [0.29, 0.717) is 23.0 Å². The van der Waals surface area contributed by atoms with E-state index in [1.54, 1.807) is 0 Å². The molecule has 2 saturated carbocycles. The molecule has 2 rings (SSSR count). The minimum Gasteiger partial charge on any atom is -0.375 e. The zero-order valence-corrected chi connectivity index (χ0v) is 14.3. The summed E-state index contributed by atoms with van der Waals surface area (Å²) in [7, 11) is 0. The molecule has 2 aliphatic carbocycles. The Labute approximate surface area is 126 Å². The summed E-state index contributed by atoms with van der Waals surface area (Å²) in [6.45, 7) is 14.2. The van der Waals surface area contributed by atoms with Gasteiger partial charge in [-0.3, -0.25) is 0 Å². The molecule has 118 valence electrons. The highest BCUT2D eigenvalue weighted by molar-refractivity contribution is 5.11. The third-order valence-electron chi connectivity index (χ3n) is 6.50. The fourth-order valence-corrected chi connectivity index (χ4v) is 4.50. The second-order valence-electron chi connectivity index (χ2n) is 7.94.